The van der Waals surface area contributed by atoms with Crippen molar-refractivity contribution >= 4 is 25.7 Å². The Kier molecular flexibility index (Phi) is 5.56. The summed E-state index contributed by atoms with van der Waals surface area (Å²) in [4.78, 5) is 0.205. The molecule has 0 spiro atoms. The van der Waals surface area contributed by atoms with Gasteiger partial charge in [0, 0.05) is 31.5 Å². The lowest BCUT2D eigenvalue weighted by atomic mass is 10.3. The number of ether oxygens (including phenoxy) is 1. The van der Waals surface area contributed by atoms with Gasteiger partial charge in [-0.1, -0.05) is 0 Å². The molecule has 2 heterocycles. The summed E-state index contributed by atoms with van der Waals surface area (Å²) in [7, 11) is -7.43. The van der Waals surface area contributed by atoms with Crippen molar-refractivity contribution in [2.24, 2.45) is 0 Å². The Morgan fingerprint density at radius 1 is 1.11 bits per heavy atom. The lowest BCUT2D eigenvalue weighted by Crippen LogP contribution is -2.40. The number of benzene rings is 1. The fourth-order valence-corrected chi connectivity index (χ4v) is 5.42. The Morgan fingerprint density at radius 2 is 1.74 bits per heavy atom. The maximum Gasteiger partial charge on any atom is 0.265 e. The van der Waals surface area contributed by atoms with Gasteiger partial charge in [-0.3, -0.25) is 9.40 Å². The van der Waals surface area contributed by atoms with E-state index in [9.17, 15) is 16.8 Å². The van der Waals surface area contributed by atoms with Crippen LogP contribution >= 0.6 is 0 Å². The van der Waals surface area contributed by atoms with E-state index in [1.165, 1.54) is 34.8 Å². The number of nitrogens with one attached hydrogen (secondary N) is 1. The third-order valence-corrected chi connectivity index (χ3v) is 7.63. The van der Waals surface area contributed by atoms with Crippen molar-refractivity contribution in [1.82, 2.24) is 14.1 Å². The normalized spacial score (nSPS) is 16.4. The van der Waals surface area contributed by atoms with Crippen LogP contribution in [0, 0.1) is 6.92 Å². The molecule has 1 aromatic carbocycles. The summed E-state index contributed by atoms with van der Waals surface area (Å²) in [5.41, 5.74) is 0.676. The predicted molar refractivity (Wildman–Crippen MR) is 99.5 cm³/mol. The summed E-state index contributed by atoms with van der Waals surface area (Å²) in [6, 6.07) is 5.66. The van der Waals surface area contributed by atoms with Crippen molar-refractivity contribution in [1.29, 1.82) is 0 Å². The van der Waals surface area contributed by atoms with Gasteiger partial charge in [0.25, 0.3) is 10.0 Å². The minimum Gasteiger partial charge on any atom is -0.379 e. The number of morpholine rings is 1. The zero-order valence-corrected chi connectivity index (χ0v) is 16.8. The van der Waals surface area contributed by atoms with E-state index in [0.29, 0.717) is 38.5 Å². The number of aromatic nitrogens is 2. The van der Waals surface area contributed by atoms with Crippen molar-refractivity contribution in [3.05, 3.63) is 36.2 Å². The first-order valence-electron chi connectivity index (χ1n) is 8.49. The van der Waals surface area contributed by atoms with E-state index in [0.717, 1.165) is 0 Å². The second kappa shape index (κ2) is 7.58. The molecule has 0 bridgehead atoms. The highest BCUT2D eigenvalue weighted by atomic mass is 32.2. The van der Waals surface area contributed by atoms with Crippen molar-refractivity contribution < 1.29 is 21.6 Å². The maximum absolute atomic E-state index is 12.6. The van der Waals surface area contributed by atoms with Crippen LogP contribution in [0.15, 0.2) is 40.3 Å². The van der Waals surface area contributed by atoms with Crippen LogP contribution < -0.4 is 4.72 Å². The van der Waals surface area contributed by atoms with E-state index in [1.54, 1.807) is 11.6 Å². The van der Waals surface area contributed by atoms with Crippen molar-refractivity contribution in [2.45, 2.75) is 30.2 Å². The van der Waals surface area contributed by atoms with Crippen LogP contribution in [-0.4, -0.2) is 57.2 Å². The van der Waals surface area contributed by atoms with Crippen LogP contribution in [0.4, 0.5) is 5.69 Å². The van der Waals surface area contributed by atoms with Gasteiger partial charge in [0.2, 0.25) is 10.0 Å². The van der Waals surface area contributed by atoms with E-state index in [4.69, 9.17) is 4.74 Å². The minimum atomic E-state index is -3.81. The zero-order valence-electron chi connectivity index (χ0n) is 15.1. The second-order valence-corrected chi connectivity index (χ2v) is 9.67. The molecule has 1 saturated heterocycles. The van der Waals surface area contributed by atoms with Gasteiger partial charge >= 0.3 is 0 Å². The van der Waals surface area contributed by atoms with Gasteiger partial charge in [-0.05, 0) is 38.1 Å². The molecular weight excluding hydrogens is 392 g/mol. The Hall–Kier alpha value is -1.95. The molecule has 0 atom stereocenters. The molecule has 148 valence electrons. The van der Waals surface area contributed by atoms with Crippen LogP contribution in [0.2, 0.25) is 0 Å². The van der Waals surface area contributed by atoms with Crippen LogP contribution in [-0.2, 0) is 31.3 Å². The summed E-state index contributed by atoms with van der Waals surface area (Å²) in [5, 5.41) is 4.14. The standard InChI is InChI=1S/C16H22N4O5S2/c1-3-19-12-16(13(2)17-19)26(21,22)18-14-4-6-15(7-5-14)27(23,24)20-8-10-25-11-9-20/h4-7,12,18H,3,8-11H2,1-2H3. The second-order valence-electron chi connectivity index (χ2n) is 6.08. The van der Waals surface area contributed by atoms with Crippen molar-refractivity contribution in [2.75, 3.05) is 31.0 Å². The lowest BCUT2D eigenvalue weighted by molar-refractivity contribution is 0.0730. The third kappa shape index (κ3) is 4.15. The fourth-order valence-electron chi connectivity index (χ4n) is 2.77. The molecule has 1 aromatic heterocycles. The molecule has 0 saturated carbocycles. The molecule has 27 heavy (non-hydrogen) atoms. The van der Waals surface area contributed by atoms with Crippen molar-refractivity contribution in [3.8, 4) is 0 Å². The molecule has 3 rings (SSSR count). The summed E-state index contributed by atoms with van der Waals surface area (Å²) in [6.07, 6.45) is 1.47. The molecule has 9 nitrogen and oxygen atoms in total. The van der Waals surface area contributed by atoms with Crippen LogP contribution in [0.25, 0.3) is 0 Å². The van der Waals surface area contributed by atoms with E-state index in [-0.39, 0.29) is 15.5 Å². The highest BCUT2D eigenvalue weighted by Crippen LogP contribution is 2.22. The SMILES string of the molecule is CCn1cc(S(=O)(=O)Nc2ccc(S(=O)(=O)N3CCOCC3)cc2)c(C)n1. The number of hydrogen-bond acceptors (Lipinski definition) is 6. The van der Waals surface area contributed by atoms with E-state index < -0.39 is 20.0 Å². The number of sulfonamides is 2. The first kappa shape index (κ1) is 19.8. The molecule has 1 fully saturated rings. The van der Waals surface area contributed by atoms with E-state index in [2.05, 4.69) is 9.82 Å². The Balaban J connectivity index is 1.80. The molecule has 1 N–H and O–H groups in total. The van der Waals surface area contributed by atoms with Crippen LogP contribution in [0.3, 0.4) is 0 Å². The van der Waals surface area contributed by atoms with Gasteiger partial charge in [-0.15, -0.1) is 0 Å². The number of nitrogens with zero attached hydrogens (tertiary/aromatic N) is 3. The number of aryl methyl sites for hydroxylation is 2. The summed E-state index contributed by atoms with van der Waals surface area (Å²) in [6.45, 7) is 5.38. The highest BCUT2D eigenvalue weighted by molar-refractivity contribution is 7.92. The van der Waals surface area contributed by atoms with Gasteiger partial charge in [0.15, 0.2) is 0 Å². The van der Waals surface area contributed by atoms with Crippen LogP contribution in [0.1, 0.15) is 12.6 Å². The van der Waals surface area contributed by atoms with Gasteiger partial charge < -0.3 is 4.74 Å². The Labute approximate surface area is 159 Å². The predicted octanol–water partition coefficient (Wildman–Crippen LogP) is 1.03. The zero-order chi connectivity index (χ0) is 19.7. The Bertz CT molecular complexity index is 1010. The number of anilines is 1. The minimum absolute atomic E-state index is 0.0920. The van der Waals surface area contributed by atoms with Crippen molar-refractivity contribution in [3.63, 3.8) is 0 Å². The lowest BCUT2D eigenvalue weighted by Gasteiger charge is -2.26. The molecule has 0 radical (unpaired) electrons. The van der Waals surface area contributed by atoms with Gasteiger partial charge in [0.1, 0.15) is 4.90 Å². The fraction of sp³-hybridized carbons (Fsp3) is 0.438. The van der Waals surface area contributed by atoms with E-state index >= 15 is 0 Å². The monoisotopic (exact) mass is 414 g/mol. The average Bonchev–Trinajstić information content (AvgIpc) is 3.04. The van der Waals surface area contributed by atoms with Gasteiger partial charge in [0.05, 0.1) is 23.8 Å². The maximum atomic E-state index is 12.6. The van der Waals surface area contributed by atoms with E-state index in [1.807, 2.05) is 6.92 Å². The number of hydrogen-bond donors (Lipinski definition) is 1. The quantitative estimate of drug-likeness (QED) is 0.756. The van der Waals surface area contributed by atoms with Crippen LogP contribution in [0.5, 0.6) is 0 Å². The topological polar surface area (TPSA) is 111 Å². The third-order valence-electron chi connectivity index (χ3n) is 4.23. The number of rotatable bonds is 6. The van der Waals surface area contributed by atoms with Gasteiger partial charge in [-0.2, -0.15) is 9.40 Å². The first-order chi connectivity index (χ1) is 12.7. The molecule has 0 unspecified atom stereocenters. The molecule has 0 aliphatic carbocycles. The molecule has 1 aliphatic heterocycles. The first-order valence-corrected chi connectivity index (χ1v) is 11.4. The highest BCUT2D eigenvalue weighted by Gasteiger charge is 2.26. The molecule has 1 aliphatic rings. The molecule has 11 heteroatoms. The molecule has 2 aromatic rings. The summed E-state index contributed by atoms with van der Waals surface area (Å²) < 4.78 is 60.9. The summed E-state index contributed by atoms with van der Waals surface area (Å²) >= 11 is 0. The average molecular weight is 415 g/mol. The smallest absolute Gasteiger partial charge is 0.265 e. The largest absolute Gasteiger partial charge is 0.379 e. The molecular formula is C16H22N4O5S2. The van der Waals surface area contributed by atoms with Gasteiger partial charge in [-0.25, -0.2) is 16.8 Å². The molecule has 0 amide bonds. The summed E-state index contributed by atoms with van der Waals surface area (Å²) in [5.74, 6) is 0. The Morgan fingerprint density at radius 3 is 2.30 bits per heavy atom.